The number of rotatable bonds is 5. The number of amides is 1. The van der Waals surface area contributed by atoms with Gasteiger partial charge in [0.1, 0.15) is 0 Å². The van der Waals surface area contributed by atoms with Gasteiger partial charge in [0.15, 0.2) is 0 Å². The first-order valence-electron chi connectivity index (χ1n) is 10.7. The molecule has 4 heteroatoms. The molecule has 154 valence electrons. The van der Waals surface area contributed by atoms with Crippen molar-refractivity contribution in [3.63, 3.8) is 0 Å². The highest BCUT2D eigenvalue weighted by Crippen LogP contribution is 2.40. The lowest BCUT2D eigenvalue weighted by Crippen LogP contribution is -2.47. The Bertz CT molecular complexity index is 769. The SMILES string of the molecule is CO[C@@H]1C[C@H]2CN(C(=O)C(c3ccccc3)c3ccccc3)C[C@H]2C[C@H]1N(C)C. The maximum atomic E-state index is 13.7. The zero-order valence-corrected chi connectivity index (χ0v) is 17.7. The van der Waals surface area contributed by atoms with Crippen molar-refractivity contribution in [1.29, 1.82) is 0 Å². The number of likely N-dealkylation sites (tertiary alicyclic amines) is 1. The van der Waals surface area contributed by atoms with Crippen molar-refractivity contribution < 1.29 is 9.53 Å². The molecule has 0 aromatic heterocycles. The van der Waals surface area contributed by atoms with Crippen molar-refractivity contribution in [2.75, 3.05) is 34.3 Å². The second-order valence-electron chi connectivity index (χ2n) is 8.79. The van der Waals surface area contributed by atoms with Gasteiger partial charge in [0.25, 0.3) is 0 Å². The van der Waals surface area contributed by atoms with Gasteiger partial charge in [0.2, 0.25) is 5.91 Å². The van der Waals surface area contributed by atoms with Gasteiger partial charge in [-0.05, 0) is 49.9 Å². The fraction of sp³-hybridized carbons (Fsp3) is 0.480. The third-order valence-electron chi connectivity index (χ3n) is 6.88. The summed E-state index contributed by atoms with van der Waals surface area (Å²) in [5.41, 5.74) is 2.14. The summed E-state index contributed by atoms with van der Waals surface area (Å²) in [7, 11) is 6.09. The van der Waals surface area contributed by atoms with Crippen LogP contribution in [-0.4, -0.2) is 62.1 Å². The highest BCUT2D eigenvalue weighted by Gasteiger charge is 2.45. The maximum absolute atomic E-state index is 13.7. The molecule has 2 fully saturated rings. The smallest absolute Gasteiger partial charge is 0.234 e. The summed E-state index contributed by atoms with van der Waals surface area (Å²) in [6, 6.07) is 20.8. The Hall–Kier alpha value is -2.17. The highest BCUT2D eigenvalue weighted by atomic mass is 16.5. The van der Waals surface area contributed by atoms with Crippen LogP contribution in [0.15, 0.2) is 60.7 Å². The van der Waals surface area contributed by atoms with Gasteiger partial charge in [0.05, 0.1) is 12.0 Å². The normalized spacial score (nSPS) is 26.7. The van der Waals surface area contributed by atoms with Crippen molar-refractivity contribution in [2.24, 2.45) is 11.8 Å². The van der Waals surface area contributed by atoms with E-state index < -0.39 is 0 Å². The molecule has 2 aliphatic rings. The molecular formula is C25H32N2O2. The van der Waals surface area contributed by atoms with E-state index in [0.29, 0.717) is 17.9 Å². The van der Waals surface area contributed by atoms with Gasteiger partial charge in [-0.2, -0.15) is 0 Å². The first-order chi connectivity index (χ1) is 14.1. The average Bonchev–Trinajstić information content (AvgIpc) is 3.17. The van der Waals surface area contributed by atoms with Crippen LogP contribution in [0.3, 0.4) is 0 Å². The lowest BCUT2D eigenvalue weighted by Gasteiger charge is -2.40. The monoisotopic (exact) mass is 392 g/mol. The van der Waals surface area contributed by atoms with E-state index in [4.69, 9.17) is 4.74 Å². The molecule has 0 radical (unpaired) electrons. The van der Waals surface area contributed by atoms with Crippen LogP contribution in [0.5, 0.6) is 0 Å². The molecule has 4 nitrogen and oxygen atoms in total. The summed E-state index contributed by atoms with van der Waals surface area (Å²) >= 11 is 0. The van der Waals surface area contributed by atoms with Gasteiger partial charge >= 0.3 is 0 Å². The lowest BCUT2D eigenvalue weighted by atomic mass is 9.77. The summed E-state index contributed by atoms with van der Waals surface area (Å²) in [5.74, 6) is 1.09. The van der Waals surface area contributed by atoms with Gasteiger partial charge in [0, 0.05) is 26.2 Å². The van der Waals surface area contributed by atoms with E-state index in [-0.39, 0.29) is 17.9 Å². The van der Waals surface area contributed by atoms with E-state index in [9.17, 15) is 4.79 Å². The van der Waals surface area contributed by atoms with Crippen LogP contribution in [0, 0.1) is 11.8 Å². The summed E-state index contributed by atoms with van der Waals surface area (Å²) in [6.07, 6.45) is 2.39. The molecule has 1 saturated carbocycles. The van der Waals surface area contributed by atoms with Crippen LogP contribution >= 0.6 is 0 Å². The van der Waals surface area contributed by atoms with Crippen LogP contribution < -0.4 is 0 Å². The fourth-order valence-electron chi connectivity index (χ4n) is 5.32. The molecule has 1 amide bonds. The molecule has 0 spiro atoms. The van der Waals surface area contributed by atoms with Gasteiger partial charge in [-0.3, -0.25) is 4.79 Å². The molecule has 1 aliphatic heterocycles. The van der Waals surface area contributed by atoms with Gasteiger partial charge in [-0.15, -0.1) is 0 Å². The third-order valence-corrected chi connectivity index (χ3v) is 6.88. The number of benzene rings is 2. The second-order valence-corrected chi connectivity index (χ2v) is 8.79. The molecule has 2 aromatic rings. The topological polar surface area (TPSA) is 32.8 Å². The molecule has 1 aliphatic carbocycles. The van der Waals surface area contributed by atoms with Crippen molar-refractivity contribution in [2.45, 2.75) is 30.9 Å². The molecule has 0 bridgehead atoms. The van der Waals surface area contributed by atoms with Crippen LogP contribution in [-0.2, 0) is 9.53 Å². The van der Waals surface area contributed by atoms with Crippen LogP contribution in [0.25, 0.3) is 0 Å². The summed E-state index contributed by atoms with van der Waals surface area (Å²) in [4.78, 5) is 18.1. The minimum absolute atomic E-state index is 0.229. The van der Waals surface area contributed by atoms with E-state index in [1.165, 1.54) is 0 Å². The predicted octanol–water partition coefficient (Wildman–Crippen LogP) is 3.63. The summed E-state index contributed by atoms with van der Waals surface area (Å²) < 4.78 is 5.81. The number of nitrogens with zero attached hydrogens (tertiary/aromatic N) is 2. The molecule has 4 rings (SSSR count). The molecule has 1 heterocycles. The minimum Gasteiger partial charge on any atom is -0.380 e. The Balaban J connectivity index is 1.57. The van der Waals surface area contributed by atoms with E-state index in [1.54, 1.807) is 0 Å². The maximum Gasteiger partial charge on any atom is 0.234 e. The molecule has 2 aromatic carbocycles. The lowest BCUT2D eigenvalue weighted by molar-refractivity contribution is -0.131. The van der Waals surface area contributed by atoms with Crippen molar-refractivity contribution in [3.8, 4) is 0 Å². The molecular weight excluding hydrogens is 360 g/mol. The Labute approximate surface area is 174 Å². The molecule has 29 heavy (non-hydrogen) atoms. The number of hydrogen-bond donors (Lipinski definition) is 0. The number of likely N-dealkylation sites (N-methyl/N-ethyl adjacent to an activating group) is 1. The summed E-state index contributed by atoms with van der Waals surface area (Å²) in [5, 5.41) is 0. The quantitative estimate of drug-likeness (QED) is 0.779. The van der Waals surface area contributed by atoms with E-state index in [1.807, 2.05) is 43.5 Å². The molecule has 0 unspecified atom stereocenters. The number of fused-ring (bicyclic) bond motifs is 1. The fourth-order valence-corrected chi connectivity index (χ4v) is 5.32. The zero-order chi connectivity index (χ0) is 20.4. The van der Waals surface area contributed by atoms with Crippen molar-refractivity contribution in [3.05, 3.63) is 71.8 Å². The van der Waals surface area contributed by atoms with Crippen molar-refractivity contribution in [1.82, 2.24) is 9.80 Å². The standard InChI is InChI=1S/C25H32N2O2/c1-26(2)22-14-20-16-27(17-21(20)15-23(22)29-3)25(28)24(18-10-6-4-7-11-18)19-12-8-5-9-13-19/h4-13,20-24H,14-17H2,1-3H3/t20-,21+,22-,23-/m1/s1. The van der Waals surface area contributed by atoms with Crippen LogP contribution in [0.4, 0.5) is 0 Å². The largest absolute Gasteiger partial charge is 0.380 e. The average molecular weight is 393 g/mol. The van der Waals surface area contributed by atoms with Gasteiger partial charge in [-0.1, -0.05) is 60.7 Å². The molecule has 0 N–H and O–H groups in total. The third kappa shape index (κ3) is 4.10. The first-order valence-corrected chi connectivity index (χ1v) is 10.7. The van der Waals surface area contributed by atoms with Gasteiger partial charge < -0.3 is 14.5 Å². The van der Waals surface area contributed by atoms with Gasteiger partial charge in [-0.25, -0.2) is 0 Å². The van der Waals surface area contributed by atoms with Crippen molar-refractivity contribution >= 4 is 5.91 Å². The molecule has 1 saturated heterocycles. The highest BCUT2D eigenvalue weighted by molar-refractivity contribution is 5.87. The Morgan fingerprint density at radius 3 is 1.93 bits per heavy atom. The van der Waals surface area contributed by atoms with Crippen LogP contribution in [0.1, 0.15) is 29.9 Å². The Morgan fingerprint density at radius 2 is 1.45 bits per heavy atom. The Kier molecular flexibility index (Phi) is 6.02. The zero-order valence-electron chi connectivity index (χ0n) is 17.7. The molecule has 4 atom stereocenters. The second kappa shape index (κ2) is 8.68. The number of methoxy groups -OCH3 is 1. The predicted molar refractivity (Wildman–Crippen MR) is 116 cm³/mol. The van der Waals surface area contributed by atoms with E-state index in [2.05, 4.69) is 48.2 Å². The number of carbonyl (C=O) groups excluding carboxylic acids is 1. The number of ether oxygens (including phenoxy) is 1. The van der Waals surface area contributed by atoms with E-state index >= 15 is 0 Å². The first kappa shape index (κ1) is 20.1. The summed E-state index contributed by atoms with van der Waals surface area (Å²) in [6.45, 7) is 1.71. The van der Waals surface area contributed by atoms with Crippen LogP contribution in [0.2, 0.25) is 0 Å². The van der Waals surface area contributed by atoms with E-state index in [0.717, 1.165) is 37.1 Å². The minimum atomic E-state index is -0.236. The number of carbonyl (C=O) groups is 1. The number of hydrogen-bond acceptors (Lipinski definition) is 3. The Morgan fingerprint density at radius 1 is 0.931 bits per heavy atom.